The Labute approximate surface area is 194 Å². The van der Waals surface area contributed by atoms with Crippen molar-refractivity contribution in [1.29, 1.82) is 0 Å². The van der Waals surface area contributed by atoms with E-state index in [1.807, 2.05) is 0 Å². The van der Waals surface area contributed by atoms with Gasteiger partial charge < -0.3 is 0 Å². The number of rotatable bonds is 0. The third-order valence-corrected chi connectivity index (χ3v) is 62.1. The molecule has 0 aliphatic carbocycles. The van der Waals surface area contributed by atoms with E-state index in [1.54, 1.807) is 0 Å². The molecule has 10 atom stereocenters. The van der Waals surface area contributed by atoms with E-state index < -0.39 is 0 Å². The van der Waals surface area contributed by atoms with Crippen molar-refractivity contribution in [2.45, 2.75) is 102 Å². The fourth-order valence-electron chi connectivity index (χ4n) is 7.80. The van der Waals surface area contributed by atoms with Crippen molar-refractivity contribution in [3.8, 4) is 0 Å². The molecule has 0 N–H and O–H groups in total. The molecule has 0 amide bonds. The Morgan fingerprint density at radius 2 is 0.821 bits per heavy atom. The standard InChI is InChI=1S/C21H39IP6/c1-14(2,3)18-23(13)26-19(15(4,5)6)24(18)20(16(7,8)9)25(19)21(26,17(10,11)12)28(22)27(18)20/h1-13H3. The molecule has 0 nitrogen and oxygen atoms in total. The summed E-state index contributed by atoms with van der Waals surface area (Å²) in [5.74, 6) is 0. The molecule has 0 radical (unpaired) electrons. The van der Waals surface area contributed by atoms with Gasteiger partial charge >= 0.3 is 0 Å². The summed E-state index contributed by atoms with van der Waals surface area (Å²) in [7, 11) is 0.901. The highest BCUT2D eigenvalue weighted by atomic mass is 127. The van der Waals surface area contributed by atoms with Crippen molar-refractivity contribution < 1.29 is 0 Å². The molecule has 28 heavy (non-hydrogen) atoms. The molecule has 0 aromatic heterocycles. The first-order chi connectivity index (χ1) is 12.3. The predicted octanol–water partition coefficient (Wildman–Crippen LogP) is 11.6. The van der Waals surface area contributed by atoms with E-state index in [0.717, 1.165) is 18.6 Å². The summed E-state index contributed by atoms with van der Waals surface area (Å²) < 4.78 is 3.24. The van der Waals surface area contributed by atoms with Crippen molar-refractivity contribution in [3.05, 3.63) is 0 Å². The molecule has 5 aliphatic heterocycles. The Morgan fingerprint density at radius 3 is 1.18 bits per heavy atom. The molecule has 0 spiro atoms. The molecule has 5 saturated heterocycles. The quantitative estimate of drug-likeness (QED) is 0.191. The van der Waals surface area contributed by atoms with Crippen LogP contribution in [-0.2, 0) is 0 Å². The molecule has 7 heteroatoms. The van der Waals surface area contributed by atoms with Crippen LogP contribution in [0.15, 0.2) is 0 Å². The summed E-state index contributed by atoms with van der Waals surface area (Å²) in [6, 6.07) is 0. The van der Waals surface area contributed by atoms with Crippen LogP contribution in [-0.4, -0.2) is 25.2 Å². The van der Waals surface area contributed by atoms with Crippen LogP contribution < -0.4 is 0 Å². The summed E-state index contributed by atoms with van der Waals surface area (Å²) in [6.07, 6.45) is 0. The van der Waals surface area contributed by atoms with Crippen molar-refractivity contribution in [2.24, 2.45) is 21.7 Å². The van der Waals surface area contributed by atoms with E-state index in [-0.39, 0.29) is 43.9 Å². The zero-order valence-corrected chi connectivity index (χ0v) is 27.6. The Kier molecular flexibility index (Phi) is 4.47. The molecule has 5 fully saturated rings. The van der Waals surface area contributed by atoms with Gasteiger partial charge in [-0.3, -0.25) is 0 Å². The molecule has 0 aromatic carbocycles. The van der Waals surface area contributed by atoms with Gasteiger partial charge in [0.2, 0.25) is 0 Å². The van der Waals surface area contributed by atoms with Gasteiger partial charge in [0.25, 0.3) is 0 Å². The predicted molar refractivity (Wildman–Crippen MR) is 150 cm³/mol. The van der Waals surface area contributed by atoms with Crippen LogP contribution in [0.4, 0.5) is 0 Å². The second-order valence-corrected chi connectivity index (χ2v) is 40.6. The van der Waals surface area contributed by atoms with Crippen molar-refractivity contribution in [2.75, 3.05) is 6.66 Å². The number of hydrogen-bond donors (Lipinski definition) is 0. The lowest BCUT2D eigenvalue weighted by Gasteiger charge is -2.90. The molecular formula is C21H39IP6. The Morgan fingerprint density at radius 1 is 0.500 bits per heavy atom. The maximum Gasteiger partial charge on any atom is 0.0555 e. The van der Waals surface area contributed by atoms with Gasteiger partial charge in [0.15, 0.2) is 0 Å². The SMILES string of the molecule is CP1P2C3(C(C)(C)C)P(I)P4C1(C(C)(C)C)P1C4(C(C)(C)C)P3C21C(C)(C)C. The molecule has 5 rings (SSSR count). The molecule has 10 unspecified atom stereocenters. The van der Waals surface area contributed by atoms with Crippen LogP contribution >= 0.6 is 66.0 Å². The smallest absolute Gasteiger partial charge is 0.0555 e. The van der Waals surface area contributed by atoms with Gasteiger partial charge in [-0.15, -0.1) is 0 Å². The average Bonchev–Trinajstić information content (AvgIpc) is 2.59. The minimum atomic E-state index is 0.160. The van der Waals surface area contributed by atoms with E-state index in [1.165, 1.54) is 0 Å². The second-order valence-electron chi connectivity index (χ2n) is 13.6. The number of hydrogen-bond acceptors (Lipinski definition) is 0. The van der Waals surface area contributed by atoms with Crippen LogP contribution in [0, 0.1) is 21.7 Å². The lowest BCUT2D eigenvalue weighted by molar-refractivity contribution is 0.323. The monoisotopic (exact) mass is 604 g/mol. The van der Waals surface area contributed by atoms with E-state index >= 15 is 0 Å². The molecule has 0 bridgehead atoms. The topological polar surface area (TPSA) is 0 Å². The summed E-state index contributed by atoms with van der Waals surface area (Å²) in [5.41, 5.74) is 2.10. The Bertz CT molecular complexity index is 709. The molecular weight excluding hydrogens is 565 g/mol. The lowest BCUT2D eigenvalue weighted by atomic mass is 9.97. The molecule has 0 saturated carbocycles. The van der Waals surface area contributed by atoms with Crippen LogP contribution in [0.2, 0.25) is 0 Å². The fourth-order valence-corrected chi connectivity index (χ4v) is 103. The van der Waals surface area contributed by atoms with Crippen molar-refractivity contribution >= 4 is 66.0 Å². The zero-order valence-electron chi connectivity index (χ0n) is 20.1. The third kappa shape index (κ3) is 1.65. The maximum absolute atomic E-state index is 3.15. The highest BCUT2D eigenvalue weighted by molar-refractivity contribution is 14.2. The van der Waals surface area contributed by atoms with Gasteiger partial charge in [0.05, 0.1) is 4.64 Å². The minimum absolute atomic E-state index is 0.160. The summed E-state index contributed by atoms with van der Waals surface area (Å²) in [6.45, 7) is 35.0. The zero-order chi connectivity index (χ0) is 21.5. The molecule has 5 aliphatic rings. The first-order valence-electron chi connectivity index (χ1n) is 10.7. The maximum atomic E-state index is 3.15. The first kappa shape index (κ1) is 23.1. The molecule has 0 aromatic rings. The fraction of sp³-hybridized carbons (Fsp3) is 1.00. The highest BCUT2D eigenvalue weighted by Crippen LogP contribution is 3.49. The second kappa shape index (κ2) is 5.42. The third-order valence-electron chi connectivity index (χ3n) is 8.26. The minimum Gasteiger partial charge on any atom is -0.0653 e. The van der Waals surface area contributed by atoms with E-state index in [0.29, 0.717) is 21.7 Å². The summed E-state index contributed by atoms with van der Waals surface area (Å²) in [4.78, 5) is 0. The van der Waals surface area contributed by atoms with Gasteiger partial charge in [-0.25, -0.2) is 0 Å². The van der Waals surface area contributed by atoms with E-state index in [9.17, 15) is 0 Å². The summed E-state index contributed by atoms with van der Waals surface area (Å²) >= 11 is 3.15. The normalized spacial score (nSPS) is 58.9. The van der Waals surface area contributed by atoms with E-state index in [2.05, 4.69) is 112 Å². The Hall–Kier alpha value is 3.31. The van der Waals surface area contributed by atoms with Gasteiger partial charge in [0.1, 0.15) is 0 Å². The van der Waals surface area contributed by atoms with Crippen LogP contribution in [0.5, 0.6) is 0 Å². The number of fused-ring (bicyclic) bond motifs is 2. The van der Waals surface area contributed by atoms with Gasteiger partial charge in [-0.1, -0.05) is 107 Å². The van der Waals surface area contributed by atoms with Crippen LogP contribution in [0.25, 0.3) is 0 Å². The number of halogens is 1. The molecule has 5 heterocycles. The lowest BCUT2D eigenvalue weighted by Crippen LogP contribution is -2.72. The van der Waals surface area contributed by atoms with Gasteiger partial charge in [0, 0.05) is 19.2 Å². The molecule has 160 valence electrons. The van der Waals surface area contributed by atoms with Crippen LogP contribution in [0.3, 0.4) is 0 Å². The average molecular weight is 604 g/mol. The summed E-state index contributed by atoms with van der Waals surface area (Å²) in [5, 5.41) is 0.160. The van der Waals surface area contributed by atoms with Crippen molar-refractivity contribution in [3.63, 3.8) is 0 Å². The first-order valence-corrected chi connectivity index (χ1v) is 23.4. The van der Waals surface area contributed by atoms with Crippen molar-refractivity contribution in [1.82, 2.24) is 0 Å². The Balaban J connectivity index is 1.90. The van der Waals surface area contributed by atoms with Gasteiger partial charge in [-0.05, 0) is 65.6 Å². The van der Waals surface area contributed by atoms with Crippen LogP contribution in [0.1, 0.15) is 83.1 Å². The largest absolute Gasteiger partial charge is 0.0653 e. The van der Waals surface area contributed by atoms with Gasteiger partial charge in [-0.2, -0.15) is 0 Å². The highest BCUT2D eigenvalue weighted by Gasteiger charge is 3.12. The van der Waals surface area contributed by atoms with E-state index in [4.69, 9.17) is 0 Å².